The van der Waals surface area contributed by atoms with E-state index in [0.717, 1.165) is 30.9 Å². The highest BCUT2D eigenvalue weighted by Gasteiger charge is 2.28. The minimum atomic E-state index is 0.00964. The number of hydrogen-bond acceptors (Lipinski definition) is 6. The summed E-state index contributed by atoms with van der Waals surface area (Å²) >= 11 is 0. The van der Waals surface area contributed by atoms with E-state index in [0.29, 0.717) is 31.3 Å². The van der Waals surface area contributed by atoms with Gasteiger partial charge in [-0.15, -0.1) is 0 Å². The van der Waals surface area contributed by atoms with Crippen LogP contribution in [0.2, 0.25) is 0 Å². The Kier molecular flexibility index (Phi) is 6.85. The van der Waals surface area contributed by atoms with E-state index >= 15 is 0 Å². The fourth-order valence-electron chi connectivity index (χ4n) is 4.03. The molecule has 1 aromatic heterocycles. The van der Waals surface area contributed by atoms with E-state index in [1.807, 2.05) is 59.5 Å². The number of aryl methyl sites for hydroxylation is 1. The van der Waals surface area contributed by atoms with Crippen molar-refractivity contribution in [1.82, 2.24) is 19.9 Å². The second-order valence-electron chi connectivity index (χ2n) is 8.26. The summed E-state index contributed by atoms with van der Waals surface area (Å²) in [7, 11) is 0. The molecular formula is C25H31N5O2. The van der Waals surface area contributed by atoms with Crippen LogP contribution in [0.3, 0.4) is 0 Å². The quantitative estimate of drug-likeness (QED) is 0.565. The molecule has 1 aliphatic rings. The van der Waals surface area contributed by atoms with Crippen LogP contribution in [0.4, 0.5) is 5.69 Å². The van der Waals surface area contributed by atoms with Gasteiger partial charge >= 0.3 is 0 Å². The smallest absolute Gasteiger partial charge is 0.244 e. The summed E-state index contributed by atoms with van der Waals surface area (Å²) in [5.41, 5.74) is 3.23. The van der Waals surface area contributed by atoms with Gasteiger partial charge in [0.05, 0.1) is 12.6 Å². The molecule has 1 unspecified atom stereocenters. The van der Waals surface area contributed by atoms with Crippen LogP contribution in [0.5, 0.6) is 0 Å². The maximum absolute atomic E-state index is 12.9. The Morgan fingerprint density at radius 2 is 1.75 bits per heavy atom. The van der Waals surface area contributed by atoms with Gasteiger partial charge in [0, 0.05) is 44.0 Å². The lowest BCUT2D eigenvalue weighted by molar-refractivity contribution is -0.131. The highest BCUT2D eigenvalue weighted by molar-refractivity contribution is 5.81. The first kappa shape index (κ1) is 22.0. The molecule has 168 valence electrons. The Morgan fingerprint density at radius 3 is 2.41 bits per heavy atom. The first-order valence-corrected chi connectivity index (χ1v) is 11.3. The Balaban J connectivity index is 1.32. The van der Waals surface area contributed by atoms with Crippen LogP contribution in [0.15, 0.2) is 59.1 Å². The van der Waals surface area contributed by atoms with Crippen molar-refractivity contribution in [3.8, 4) is 11.4 Å². The van der Waals surface area contributed by atoms with E-state index in [2.05, 4.69) is 40.7 Å². The maximum atomic E-state index is 12.9. The number of carbonyl (C=O) groups excluding carboxylic acids is 1. The molecule has 3 aromatic rings. The molecule has 0 bridgehead atoms. The first-order valence-electron chi connectivity index (χ1n) is 11.3. The van der Waals surface area contributed by atoms with Crippen molar-refractivity contribution in [3.05, 3.63) is 66.1 Å². The Hall–Kier alpha value is -3.19. The van der Waals surface area contributed by atoms with Gasteiger partial charge in [-0.05, 0) is 32.9 Å². The monoisotopic (exact) mass is 433 g/mol. The van der Waals surface area contributed by atoms with Crippen molar-refractivity contribution >= 4 is 11.6 Å². The molecule has 7 heteroatoms. The zero-order valence-corrected chi connectivity index (χ0v) is 19.1. The van der Waals surface area contributed by atoms with Crippen molar-refractivity contribution in [3.63, 3.8) is 0 Å². The molecule has 1 saturated heterocycles. The Bertz CT molecular complexity index is 1010. The number of carbonyl (C=O) groups is 1. The van der Waals surface area contributed by atoms with Gasteiger partial charge < -0.3 is 14.3 Å². The van der Waals surface area contributed by atoms with Crippen molar-refractivity contribution in [2.45, 2.75) is 26.8 Å². The first-order chi connectivity index (χ1) is 15.5. The van der Waals surface area contributed by atoms with Crippen LogP contribution < -0.4 is 4.90 Å². The molecule has 1 fully saturated rings. The largest absolute Gasteiger partial charge is 0.362 e. The minimum Gasteiger partial charge on any atom is -0.362 e. The number of benzene rings is 2. The molecule has 2 heterocycles. The van der Waals surface area contributed by atoms with E-state index in [9.17, 15) is 4.79 Å². The highest BCUT2D eigenvalue weighted by atomic mass is 16.5. The second-order valence-corrected chi connectivity index (χ2v) is 8.26. The van der Waals surface area contributed by atoms with E-state index < -0.39 is 0 Å². The fraction of sp³-hybridized carbons (Fsp3) is 0.400. The van der Waals surface area contributed by atoms with Crippen LogP contribution in [-0.2, 0) is 4.79 Å². The van der Waals surface area contributed by atoms with Crippen LogP contribution in [-0.4, -0.2) is 65.1 Å². The van der Waals surface area contributed by atoms with Gasteiger partial charge in [0.2, 0.25) is 17.6 Å². The molecule has 0 N–H and O–H groups in total. The number of rotatable bonds is 7. The molecule has 1 amide bonds. The van der Waals surface area contributed by atoms with Gasteiger partial charge in [0.15, 0.2) is 0 Å². The zero-order valence-electron chi connectivity index (χ0n) is 19.1. The lowest BCUT2D eigenvalue weighted by Crippen LogP contribution is -2.51. The van der Waals surface area contributed by atoms with Crippen LogP contribution in [0.25, 0.3) is 11.4 Å². The Labute approximate surface area is 189 Å². The number of anilines is 1. The van der Waals surface area contributed by atoms with Crippen molar-refractivity contribution < 1.29 is 9.32 Å². The molecule has 2 aromatic carbocycles. The molecule has 1 atom stereocenters. The van der Waals surface area contributed by atoms with Crippen molar-refractivity contribution in [1.29, 1.82) is 0 Å². The summed E-state index contributed by atoms with van der Waals surface area (Å²) < 4.78 is 5.56. The predicted molar refractivity (Wildman–Crippen MR) is 125 cm³/mol. The van der Waals surface area contributed by atoms with Gasteiger partial charge in [-0.3, -0.25) is 9.69 Å². The topological polar surface area (TPSA) is 65.7 Å². The molecule has 1 aliphatic heterocycles. The lowest BCUT2D eigenvalue weighted by Gasteiger charge is -2.37. The third-order valence-electron chi connectivity index (χ3n) is 6.15. The molecule has 0 radical (unpaired) electrons. The average Bonchev–Trinajstić information content (AvgIpc) is 3.33. The SMILES string of the molecule is CCN(CC(=O)N1CCN(C(C)c2nc(-c3ccc(C)cc3)no2)CC1)c1ccccc1. The zero-order chi connectivity index (χ0) is 22.5. The Morgan fingerprint density at radius 1 is 1.06 bits per heavy atom. The normalized spacial score (nSPS) is 15.5. The molecule has 32 heavy (non-hydrogen) atoms. The fourth-order valence-corrected chi connectivity index (χ4v) is 4.03. The van der Waals surface area contributed by atoms with Gasteiger partial charge in [-0.25, -0.2) is 0 Å². The third-order valence-corrected chi connectivity index (χ3v) is 6.15. The number of nitrogens with zero attached hydrogens (tertiary/aromatic N) is 5. The number of aromatic nitrogens is 2. The van der Waals surface area contributed by atoms with E-state index in [1.165, 1.54) is 5.56 Å². The van der Waals surface area contributed by atoms with E-state index in [4.69, 9.17) is 4.52 Å². The number of likely N-dealkylation sites (N-methyl/N-ethyl adjacent to an activating group) is 1. The predicted octanol–water partition coefficient (Wildman–Crippen LogP) is 3.78. The summed E-state index contributed by atoms with van der Waals surface area (Å²) in [6.45, 7) is 10.4. The summed E-state index contributed by atoms with van der Waals surface area (Å²) in [6, 6.07) is 18.2. The molecule has 7 nitrogen and oxygen atoms in total. The number of para-hydroxylation sites is 1. The van der Waals surface area contributed by atoms with Gasteiger partial charge in [-0.2, -0.15) is 4.98 Å². The van der Waals surface area contributed by atoms with Crippen LogP contribution >= 0.6 is 0 Å². The van der Waals surface area contributed by atoms with E-state index in [-0.39, 0.29) is 11.9 Å². The molecule has 0 saturated carbocycles. The lowest BCUT2D eigenvalue weighted by atomic mass is 10.1. The second kappa shape index (κ2) is 9.96. The highest BCUT2D eigenvalue weighted by Crippen LogP contribution is 2.24. The summed E-state index contributed by atoms with van der Waals surface area (Å²) in [5, 5.41) is 4.16. The van der Waals surface area contributed by atoms with Crippen molar-refractivity contribution in [2.75, 3.05) is 44.2 Å². The van der Waals surface area contributed by atoms with Crippen molar-refractivity contribution in [2.24, 2.45) is 0 Å². The standard InChI is InChI=1S/C25H31N5O2/c1-4-28(22-8-6-5-7-9-22)18-23(31)30-16-14-29(15-17-30)20(3)25-26-24(27-32-25)21-12-10-19(2)11-13-21/h5-13,20H,4,14-18H2,1-3H3. The molecule has 0 spiro atoms. The van der Waals surface area contributed by atoms with Crippen LogP contribution in [0, 0.1) is 6.92 Å². The summed E-state index contributed by atoms with van der Waals surface area (Å²) in [4.78, 5) is 23.9. The summed E-state index contributed by atoms with van der Waals surface area (Å²) in [5.74, 6) is 1.39. The maximum Gasteiger partial charge on any atom is 0.244 e. The summed E-state index contributed by atoms with van der Waals surface area (Å²) in [6.07, 6.45) is 0. The van der Waals surface area contributed by atoms with Gasteiger partial charge in [-0.1, -0.05) is 53.2 Å². The number of piperazine rings is 1. The van der Waals surface area contributed by atoms with E-state index in [1.54, 1.807) is 0 Å². The van der Waals surface area contributed by atoms with Gasteiger partial charge in [0.1, 0.15) is 0 Å². The number of hydrogen-bond donors (Lipinski definition) is 0. The van der Waals surface area contributed by atoms with Gasteiger partial charge in [0.25, 0.3) is 0 Å². The number of amides is 1. The van der Waals surface area contributed by atoms with Crippen LogP contribution in [0.1, 0.15) is 31.3 Å². The molecule has 0 aliphatic carbocycles. The minimum absolute atomic E-state index is 0.00964. The molecular weight excluding hydrogens is 402 g/mol. The third kappa shape index (κ3) is 4.99. The average molecular weight is 434 g/mol. The molecule has 4 rings (SSSR count).